The van der Waals surface area contributed by atoms with Gasteiger partial charge in [-0.2, -0.15) is 5.10 Å². The number of aromatic nitrogens is 4. The van der Waals surface area contributed by atoms with Crippen molar-refractivity contribution in [2.24, 2.45) is 7.05 Å². The molecule has 30 heavy (non-hydrogen) atoms. The van der Waals surface area contributed by atoms with Crippen LogP contribution in [0.25, 0.3) is 11.1 Å². The average molecular weight is 425 g/mol. The van der Waals surface area contributed by atoms with Crippen LogP contribution in [0.5, 0.6) is 0 Å². The molecule has 0 spiro atoms. The number of rotatable bonds is 3. The molecule has 0 saturated carbocycles. The Hall–Kier alpha value is -3.26. The summed E-state index contributed by atoms with van der Waals surface area (Å²) in [6, 6.07) is 10.3. The third-order valence-corrected chi connectivity index (χ3v) is 5.52. The lowest BCUT2D eigenvalue weighted by molar-refractivity contribution is 0.0697. The van der Waals surface area contributed by atoms with Crippen molar-refractivity contribution in [1.82, 2.24) is 24.6 Å². The predicted molar refractivity (Wildman–Crippen MR) is 114 cm³/mol. The van der Waals surface area contributed by atoms with E-state index in [4.69, 9.17) is 17.3 Å². The minimum Gasteiger partial charge on any atom is -0.368 e. The van der Waals surface area contributed by atoms with Gasteiger partial charge in [-0.3, -0.25) is 9.59 Å². The van der Waals surface area contributed by atoms with Crippen LogP contribution in [0.3, 0.4) is 0 Å². The molecule has 0 bridgehead atoms. The fourth-order valence-electron chi connectivity index (χ4n) is 3.74. The van der Waals surface area contributed by atoms with E-state index in [1.807, 2.05) is 24.3 Å². The number of hydrogen-bond donors (Lipinski definition) is 1. The molecular formula is C21H21ClN6O2. The molecule has 1 fully saturated rings. The monoisotopic (exact) mass is 424 g/mol. The SMILES string of the molecule is Cn1nc(C(=O)N2CCC[C@H](c3nc(N)ncc3-c3ccc(Cl)cc3)C2)ccc1=O. The second kappa shape index (κ2) is 8.23. The van der Waals surface area contributed by atoms with Crippen molar-refractivity contribution in [3.63, 3.8) is 0 Å². The van der Waals surface area contributed by atoms with Crippen molar-refractivity contribution in [1.29, 1.82) is 0 Å². The third-order valence-electron chi connectivity index (χ3n) is 5.27. The summed E-state index contributed by atoms with van der Waals surface area (Å²) in [5.41, 5.74) is 8.51. The number of halogens is 1. The standard InChI is InChI=1S/C21H21ClN6O2/c1-27-18(29)9-8-17(26-27)20(30)28-10-2-3-14(12-28)19-16(11-24-21(23)25-19)13-4-6-15(22)7-5-13/h4-9,11,14H,2-3,10,12H2,1H3,(H2,23,24,25)/t14-/m0/s1. The van der Waals surface area contributed by atoms with Gasteiger partial charge in [-0.05, 0) is 36.6 Å². The maximum atomic E-state index is 13.0. The summed E-state index contributed by atoms with van der Waals surface area (Å²) in [7, 11) is 1.53. The summed E-state index contributed by atoms with van der Waals surface area (Å²) in [5.74, 6) is 0.00229. The number of anilines is 1. The predicted octanol–water partition coefficient (Wildman–Crippen LogP) is 2.49. The van der Waals surface area contributed by atoms with Crippen LogP contribution in [0, 0.1) is 0 Å². The van der Waals surface area contributed by atoms with Gasteiger partial charge in [0.05, 0.1) is 5.69 Å². The molecule has 1 aromatic carbocycles. The highest BCUT2D eigenvalue weighted by molar-refractivity contribution is 6.30. The van der Waals surface area contributed by atoms with E-state index in [1.165, 1.54) is 23.9 Å². The number of nitrogens with zero attached hydrogens (tertiary/aromatic N) is 5. The highest BCUT2D eigenvalue weighted by Gasteiger charge is 2.29. The van der Waals surface area contributed by atoms with Crippen molar-refractivity contribution in [3.8, 4) is 11.1 Å². The van der Waals surface area contributed by atoms with Crippen molar-refractivity contribution < 1.29 is 4.79 Å². The van der Waals surface area contributed by atoms with Gasteiger partial charge in [0.25, 0.3) is 11.5 Å². The van der Waals surface area contributed by atoms with E-state index in [9.17, 15) is 9.59 Å². The first-order chi connectivity index (χ1) is 14.4. The van der Waals surface area contributed by atoms with Gasteiger partial charge in [0.1, 0.15) is 5.69 Å². The maximum absolute atomic E-state index is 13.0. The van der Waals surface area contributed by atoms with Crippen LogP contribution >= 0.6 is 11.6 Å². The second-order valence-corrected chi connectivity index (χ2v) is 7.74. The van der Waals surface area contributed by atoms with E-state index in [2.05, 4.69) is 15.1 Å². The van der Waals surface area contributed by atoms with Crippen LogP contribution in [-0.2, 0) is 7.05 Å². The third kappa shape index (κ3) is 4.04. The Bertz CT molecular complexity index is 1140. The number of aryl methyl sites for hydroxylation is 1. The van der Waals surface area contributed by atoms with Gasteiger partial charge in [-0.25, -0.2) is 14.6 Å². The zero-order chi connectivity index (χ0) is 21.3. The maximum Gasteiger partial charge on any atom is 0.274 e. The average Bonchev–Trinajstić information content (AvgIpc) is 2.76. The van der Waals surface area contributed by atoms with Gasteiger partial charge in [0.15, 0.2) is 0 Å². The molecule has 1 saturated heterocycles. The summed E-state index contributed by atoms with van der Waals surface area (Å²) in [5, 5.41) is 4.74. The molecule has 3 heterocycles. The summed E-state index contributed by atoms with van der Waals surface area (Å²) >= 11 is 6.02. The van der Waals surface area contributed by atoms with Crippen molar-refractivity contribution >= 4 is 23.5 Å². The fraction of sp³-hybridized carbons (Fsp3) is 0.286. The van der Waals surface area contributed by atoms with Gasteiger partial charge in [0, 0.05) is 48.9 Å². The number of amides is 1. The van der Waals surface area contributed by atoms with Crippen molar-refractivity contribution in [2.75, 3.05) is 18.8 Å². The van der Waals surface area contributed by atoms with Crippen LogP contribution in [0.1, 0.15) is 34.9 Å². The summed E-state index contributed by atoms with van der Waals surface area (Å²) < 4.78 is 1.17. The highest BCUT2D eigenvalue weighted by Crippen LogP contribution is 2.34. The molecule has 9 heteroatoms. The molecule has 1 amide bonds. The van der Waals surface area contributed by atoms with Crippen LogP contribution in [-0.4, -0.2) is 43.6 Å². The lowest BCUT2D eigenvalue weighted by Crippen LogP contribution is -2.40. The molecule has 2 aromatic heterocycles. The smallest absolute Gasteiger partial charge is 0.274 e. The number of carbonyl (C=O) groups is 1. The Morgan fingerprint density at radius 2 is 1.97 bits per heavy atom. The zero-order valence-corrected chi connectivity index (χ0v) is 17.2. The first-order valence-electron chi connectivity index (χ1n) is 9.64. The Labute approximate surface area is 178 Å². The Kier molecular flexibility index (Phi) is 5.50. The number of piperidine rings is 1. The Balaban J connectivity index is 1.64. The van der Waals surface area contributed by atoms with Gasteiger partial charge in [0.2, 0.25) is 5.95 Å². The largest absolute Gasteiger partial charge is 0.368 e. The topological polar surface area (TPSA) is 107 Å². The van der Waals surface area contributed by atoms with Gasteiger partial charge in [-0.15, -0.1) is 0 Å². The molecule has 0 aliphatic carbocycles. The number of likely N-dealkylation sites (tertiary alicyclic amines) is 1. The van der Waals surface area contributed by atoms with E-state index in [-0.39, 0.29) is 29.0 Å². The van der Waals surface area contributed by atoms with Gasteiger partial charge >= 0.3 is 0 Å². The molecule has 8 nitrogen and oxygen atoms in total. The highest BCUT2D eigenvalue weighted by atomic mass is 35.5. The number of carbonyl (C=O) groups excluding carboxylic acids is 1. The molecule has 1 aliphatic rings. The van der Waals surface area contributed by atoms with Gasteiger partial charge in [-0.1, -0.05) is 23.7 Å². The fourth-order valence-corrected chi connectivity index (χ4v) is 3.86. The molecule has 3 aromatic rings. The number of nitrogen functional groups attached to an aromatic ring is 1. The molecule has 1 aliphatic heterocycles. The van der Waals surface area contributed by atoms with Crippen LogP contribution in [0.4, 0.5) is 5.95 Å². The number of hydrogen-bond acceptors (Lipinski definition) is 6. The van der Waals surface area contributed by atoms with E-state index in [1.54, 1.807) is 11.1 Å². The van der Waals surface area contributed by atoms with Crippen LogP contribution < -0.4 is 11.3 Å². The molecule has 2 N–H and O–H groups in total. The lowest BCUT2D eigenvalue weighted by atomic mass is 9.90. The Morgan fingerprint density at radius 1 is 1.20 bits per heavy atom. The second-order valence-electron chi connectivity index (χ2n) is 7.30. The zero-order valence-electron chi connectivity index (χ0n) is 16.5. The normalized spacial score (nSPS) is 16.5. The quantitative estimate of drug-likeness (QED) is 0.692. The van der Waals surface area contributed by atoms with E-state index in [0.29, 0.717) is 18.1 Å². The van der Waals surface area contributed by atoms with Gasteiger partial charge < -0.3 is 10.6 Å². The summed E-state index contributed by atoms with van der Waals surface area (Å²) in [6.45, 7) is 1.11. The van der Waals surface area contributed by atoms with Crippen LogP contribution in [0.2, 0.25) is 5.02 Å². The summed E-state index contributed by atoms with van der Waals surface area (Å²) in [4.78, 5) is 35.0. The molecular weight excluding hydrogens is 404 g/mol. The molecule has 4 rings (SSSR count). The lowest BCUT2D eigenvalue weighted by Gasteiger charge is -2.33. The molecule has 0 radical (unpaired) electrons. The number of nitrogens with two attached hydrogens (primary N) is 1. The molecule has 0 unspecified atom stereocenters. The van der Waals surface area contributed by atoms with E-state index in [0.717, 1.165) is 29.7 Å². The van der Waals surface area contributed by atoms with E-state index >= 15 is 0 Å². The molecule has 154 valence electrons. The first kappa shape index (κ1) is 20.0. The van der Waals surface area contributed by atoms with E-state index < -0.39 is 0 Å². The Morgan fingerprint density at radius 3 is 2.70 bits per heavy atom. The van der Waals surface area contributed by atoms with Crippen LogP contribution in [0.15, 0.2) is 47.4 Å². The number of benzene rings is 1. The summed E-state index contributed by atoms with van der Waals surface area (Å²) in [6.07, 6.45) is 3.42. The van der Waals surface area contributed by atoms with Crippen molar-refractivity contribution in [3.05, 3.63) is 69.4 Å². The minimum atomic E-state index is -0.257. The molecule has 1 atom stereocenters. The first-order valence-corrected chi connectivity index (χ1v) is 10.0. The minimum absolute atomic E-state index is 0.00575. The van der Waals surface area contributed by atoms with Crippen molar-refractivity contribution in [2.45, 2.75) is 18.8 Å².